The van der Waals surface area contributed by atoms with Gasteiger partial charge in [-0.15, -0.1) is 0 Å². The minimum atomic E-state index is -0.362. The topological polar surface area (TPSA) is 29.5 Å². The standard InChI is InChI=1S/C20H41NO2S.ClH/c1-3-4-5-6-7-8-9-10-11-12-13-14-15-16-17-18-19-23-20(22)21(2)24;/h24H,3-19H2,1-2H3;1H/p-1. The largest absolute Gasteiger partial charge is 1.00 e. The molecule has 3 nitrogen and oxygen atoms in total. The van der Waals surface area contributed by atoms with Gasteiger partial charge in [0, 0.05) is 7.05 Å². The van der Waals surface area contributed by atoms with Gasteiger partial charge in [0.15, 0.2) is 0 Å². The van der Waals surface area contributed by atoms with Crippen LogP contribution in [0.5, 0.6) is 0 Å². The van der Waals surface area contributed by atoms with Crippen LogP contribution >= 0.6 is 12.8 Å². The van der Waals surface area contributed by atoms with E-state index in [0.717, 1.165) is 12.8 Å². The van der Waals surface area contributed by atoms with E-state index < -0.39 is 0 Å². The molecule has 0 aliphatic carbocycles. The minimum absolute atomic E-state index is 0. The van der Waals surface area contributed by atoms with Crippen molar-refractivity contribution in [2.24, 2.45) is 0 Å². The Morgan fingerprint density at radius 1 is 0.720 bits per heavy atom. The van der Waals surface area contributed by atoms with Crippen molar-refractivity contribution in [2.45, 2.75) is 110 Å². The Labute approximate surface area is 168 Å². The molecule has 5 heteroatoms. The molecule has 1 amide bonds. The SMILES string of the molecule is CCCCCCCCCCCCCCCCCCOC(=O)N(C)S.[Cl-]. The van der Waals surface area contributed by atoms with Crippen molar-refractivity contribution >= 4 is 18.9 Å². The number of hydrogen-bond acceptors (Lipinski definition) is 3. The molecule has 0 saturated heterocycles. The maximum atomic E-state index is 11.1. The first-order valence-electron chi connectivity index (χ1n) is 10.3. The summed E-state index contributed by atoms with van der Waals surface area (Å²) >= 11 is 3.89. The maximum absolute atomic E-state index is 11.1. The van der Waals surface area contributed by atoms with Crippen LogP contribution in [0.1, 0.15) is 110 Å². The molecule has 0 aromatic heterocycles. The number of hydrogen-bond donors (Lipinski definition) is 1. The monoisotopic (exact) mass is 394 g/mol. The average molecular weight is 395 g/mol. The van der Waals surface area contributed by atoms with Crippen molar-refractivity contribution in [3.05, 3.63) is 0 Å². The molecule has 0 spiro atoms. The summed E-state index contributed by atoms with van der Waals surface area (Å²) in [6.07, 6.45) is 21.3. The van der Waals surface area contributed by atoms with Gasteiger partial charge >= 0.3 is 6.09 Å². The Kier molecular flexibility index (Phi) is 23.8. The van der Waals surface area contributed by atoms with Crippen LogP contribution in [0.2, 0.25) is 0 Å². The highest BCUT2D eigenvalue weighted by atomic mass is 35.5. The molecule has 0 radical (unpaired) electrons. The lowest BCUT2D eigenvalue weighted by Crippen LogP contribution is -3.00. The third kappa shape index (κ3) is 21.9. The highest BCUT2D eigenvalue weighted by Gasteiger charge is 2.04. The summed E-state index contributed by atoms with van der Waals surface area (Å²) in [5.74, 6) is 0. The average Bonchev–Trinajstić information content (AvgIpc) is 2.57. The lowest BCUT2D eigenvalue weighted by atomic mass is 10.0. The third-order valence-corrected chi connectivity index (χ3v) is 4.65. The van der Waals surface area contributed by atoms with Gasteiger partial charge in [-0.3, -0.25) is 4.31 Å². The van der Waals surface area contributed by atoms with E-state index >= 15 is 0 Å². The van der Waals surface area contributed by atoms with Crippen molar-refractivity contribution in [1.29, 1.82) is 0 Å². The molecule has 0 heterocycles. The molecule has 0 aromatic rings. The zero-order valence-electron chi connectivity index (χ0n) is 16.6. The van der Waals surface area contributed by atoms with E-state index in [-0.39, 0.29) is 18.5 Å². The number of amides is 1. The van der Waals surface area contributed by atoms with E-state index in [9.17, 15) is 4.79 Å². The third-order valence-electron chi connectivity index (χ3n) is 4.49. The quantitative estimate of drug-likeness (QED) is 0.296. The second-order valence-electron chi connectivity index (χ2n) is 6.94. The molecule has 0 bridgehead atoms. The maximum Gasteiger partial charge on any atom is 0.419 e. The molecule has 0 atom stereocenters. The summed E-state index contributed by atoms with van der Waals surface area (Å²) in [4.78, 5) is 11.1. The molecule has 0 rings (SSSR count). The van der Waals surface area contributed by atoms with Gasteiger partial charge in [-0.1, -0.05) is 116 Å². The highest BCUT2D eigenvalue weighted by molar-refractivity contribution is 7.78. The fourth-order valence-electron chi connectivity index (χ4n) is 2.90. The van der Waals surface area contributed by atoms with Gasteiger partial charge in [0.05, 0.1) is 6.61 Å². The number of ether oxygens (including phenoxy) is 1. The fraction of sp³-hybridized carbons (Fsp3) is 0.950. The molecule has 0 aliphatic rings. The first-order chi connectivity index (χ1) is 11.7. The number of thiol groups is 1. The second kappa shape index (κ2) is 22.0. The minimum Gasteiger partial charge on any atom is -1.00 e. The Morgan fingerprint density at radius 2 is 1.04 bits per heavy atom. The molecule has 152 valence electrons. The number of nitrogens with zero attached hydrogens (tertiary/aromatic N) is 1. The first-order valence-corrected chi connectivity index (χ1v) is 10.7. The van der Waals surface area contributed by atoms with Crippen molar-refractivity contribution in [3.63, 3.8) is 0 Å². The van der Waals surface area contributed by atoms with Gasteiger partial charge in [-0.25, -0.2) is 4.79 Å². The van der Waals surface area contributed by atoms with Gasteiger partial charge in [0.1, 0.15) is 0 Å². The fourth-order valence-corrected chi connectivity index (χ4v) is 2.96. The predicted octanol–water partition coefficient (Wildman–Crippen LogP) is 4.17. The normalized spacial score (nSPS) is 10.4. The Hall–Kier alpha value is -0.0900. The van der Waals surface area contributed by atoms with E-state index in [1.54, 1.807) is 7.05 Å². The lowest BCUT2D eigenvalue weighted by molar-refractivity contribution is -0.0000117. The Morgan fingerprint density at radius 3 is 1.36 bits per heavy atom. The predicted molar refractivity (Wildman–Crippen MR) is 108 cm³/mol. The summed E-state index contributed by atoms with van der Waals surface area (Å²) in [6.45, 7) is 2.79. The summed E-state index contributed by atoms with van der Waals surface area (Å²) in [6, 6.07) is 0. The van der Waals surface area contributed by atoms with Crippen LogP contribution in [0, 0.1) is 0 Å². The van der Waals surface area contributed by atoms with E-state index in [4.69, 9.17) is 4.74 Å². The molecule has 0 aliphatic heterocycles. The van der Waals surface area contributed by atoms with E-state index in [0.29, 0.717) is 6.61 Å². The number of carbonyl (C=O) groups is 1. The van der Waals surface area contributed by atoms with Crippen LogP contribution in [-0.2, 0) is 4.74 Å². The first kappa shape index (κ1) is 27.1. The van der Waals surface area contributed by atoms with Gasteiger partial charge in [0.25, 0.3) is 0 Å². The van der Waals surface area contributed by atoms with Crippen LogP contribution < -0.4 is 12.4 Å². The van der Waals surface area contributed by atoms with Crippen molar-refractivity contribution in [2.75, 3.05) is 13.7 Å². The smallest absolute Gasteiger partial charge is 0.419 e. The second-order valence-corrected chi connectivity index (χ2v) is 7.54. The van der Waals surface area contributed by atoms with Crippen molar-refractivity contribution in [3.8, 4) is 0 Å². The van der Waals surface area contributed by atoms with Gasteiger partial charge < -0.3 is 17.1 Å². The van der Waals surface area contributed by atoms with E-state index in [1.807, 2.05) is 0 Å². The molecule has 0 unspecified atom stereocenters. The molecular formula is C20H41ClNO2S-. The summed E-state index contributed by atoms with van der Waals surface area (Å²) in [5, 5.41) is 0. The lowest BCUT2D eigenvalue weighted by Gasteiger charge is -2.09. The zero-order chi connectivity index (χ0) is 17.9. The number of rotatable bonds is 17. The molecule has 0 aromatic carbocycles. The number of carbonyl (C=O) groups excluding carboxylic acids is 1. The molecule has 25 heavy (non-hydrogen) atoms. The van der Waals surface area contributed by atoms with Crippen LogP contribution in [-0.4, -0.2) is 24.1 Å². The summed E-state index contributed by atoms with van der Waals surface area (Å²) < 4.78 is 6.21. The van der Waals surface area contributed by atoms with Crippen LogP contribution in [0.4, 0.5) is 4.79 Å². The van der Waals surface area contributed by atoms with Gasteiger partial charge in [-0.05, 0) is 6.42 Å². The molecule has 0 saturated carbocycles. The summed E-state index contributed by atoms with van der Waals surface area (Å²) in [7, 11) is 1.58. The summed E-state index contributed by atoms with van der Waals surface area (Å²) in [5.41, 5.74) is 0. The Balaban J connectivity index is 0. The molecule has 0 fully saturated rings. The van der Waals surface area contributed by atoms with E-state index in [2.05, 4.69) is 19.7 Å². The number of unbranched alkanes of at least 4 members (excludes halogenated alkanes) is 15. The van der Waals surface area contributed by atoms with Gasteiger partial charge in [-0.2, -0.15) is 0 Å². The van der Waals surface area contributed by atoms with Crippen LogP contribution in [0.15, 0.2) is 0 Å². The van der Waals surface area contributed by atoms with Crippen molar-refractivity contribution < 1.29 is 21.9 Å². The zero-order valence-corrected chi connectivity index (χ0v) is 18.3. The Bertz CT molecular complexity index is 278. The van der Waals surface area contributed by atoms with Crippen LogP contribution in [0.25, 0.3) is 0 Å². The van der Waals surface area contributed by atoms with E-state index in [1.165, 1.54) is 94.2 Å². The molecule has 0 N–H and O–H groups in total. The molecular weight excluding hydrogens is 354 g/mol. The van der Waals surface area contributed by atoms with Crippen molar-refractivity contribution in [1.82, 2.24) is 4.31 Å². The van der Waals surface area contributed by atoms with Crippen LogP contribution in [0.3, 0.4) is 0 Å². The number of halogens is 1. The highest BCUT2D eigenvalue weighted by Crippen LogP contribution is 2.13. The van der Waals surface area contributed by atoms with Gasteiger partial charge in [0.2, 0.25) is 0 Å².